The number of benzene rings is 1. The van der Waals surface area contributed by atoms with Crippen LogP contribution in [0.1, 0.15) is 12.0 Å². The first kappa shape index (κ1) is 13.8. The summed E-state index contributed by atoms with van der Waals surface area (Å²) in [4.78, 5) is 0. The summed E-state index contributed by atoms with van der Waals surface area (Å²) in [6, 6.07) is 10.4. The summed E-state index contributed by atoms with van der Waals surface area (Å²) in [6.45, 7) is 10.4. The molecule has 0 saturated carbocycles. The van der Waals surface area contributed by atoms with Crippen LogP contribution in [-0.2, 0) is 10.8 Å². The van der Waals surface area contributed by atoms with E-state index in [1.807, 2.05) is 12.1 Å². The zero-order chi connectivity index (χ0) is 12.7. The first-order valence-electron chi connectivity index (χ1n) is 6.04. The molecule has 0 aliphatic carbocycles. The molecule has 0 aliphatic heterocycles. The van der Waals surface area contributed by atoms with E-state index < -0.39 is 8.32 Å². The van der Waals surface area contributed by atoms with E-state index in [2.05, 4.69) is 56.6 Å². The van der Waals surface area contributed by atoms with Gasteiger partial charge in [0.2, 0.25) is 8.32 Å². The molecule has 1 aromatic rings. The van der Waals surface area contributed by atoms with Crippen molar-refractivity contribution >= 4 is 8.32 Å². The number of hydrogen-bond acceptors (Lipinski definition) is 1. The second-order valence-corrected chi connectivity index (χ2v) is 9.50. The highest BCUT2D eigenvalue weighted by molar-refractivity contribution is 6.70. The van der Waals surface area contributed by atoms with Crippen molar-refractivity contribution < 1.29 is 4.43 Å². The van der Waals surface area contributed by atoms with Gasteiger partial charge in [0.15, 0.2) is 0 Å². The van der Waals surface area contributed by atoms with Gasteiger partial charge in [0.05, 0.1) is 5.76 Å². The van der Waals surface area contributed by atoms with Crippen LogP contribution >= 0.6 is 0 Å². The van der Waals surface area contributed by atoms with E-state index in [4.69, 9.17) is 4.43 Å². The van der Waals surface area contributed by atoms with Gasteiger partial charge in [0.1, 0.15) is 0 Å². The second-order valence-electron chi connectivity index (χ2n) is 5.07. The van der Waals surface area contributed by atoms with Crippen molar-refractivity contribution in [2.75, 3.05) is 0 Å². The Bertz CT molecular complexity index is 374. The molecule has 1 rings (SSSR count). The van der Waals surface area contributed by atoms with Gasteiger partial charge in [-0.3, -0.25) is 0 Å². The molecular weight excluding hydrogens is 224 g/mol. The molecule has 0 amide bonds. The molecule has 0 heterocycles. The van der Waals surface area contributed by atoms with Crippen molar-refractivity contribution in [2.45, 2.75) is 32.5 Å². The number of allylic oxidation sites excluding steroid dienone is 2. The lowest BCUT2D eigenvalue weighted by Crippen LogP contribution is -2.24. The smallest absolute Gasteiger partial charge is 0.241 e. The zero-order valence-electron chi connectivity index (χ0n) is 11.1. The molecule has 0 radical (unpaired) electrons. The van der Waals surface area contributed by atoms with Crippen LogP contribution in [0, 0.1) is 0 Å². The molecule has 0 aromatic heterocycles. The summed E-state index contributed by atoms with van der Waals surface area (Å²) in [5.41, 5.74) is 1.31. The minimum Gasteiger partial charge on any atom is -0.547 e. The normalized spacial score (nSPS) is 12.3. The van der Waals surface area contributed by atoms with E-state index in [0.29, 0.717) is 0 Å². The van der Waals surface area contributed by atoms with Crippen molar-refractivity contribution in [3.63, 3.8) is 0 Å². The Morgan fingerprint density at radius 2 is 1.88 bits per heavy atom. The molecule has 0 fully saturated rings. The molecule has 0 bridgehead atoms. The summed E-state index contributed by atoms with van der Waals surface area (Å²) < 4.78 is 6.03. The molecule has 2 heteroatoms. The van der Waals surface area contributed by atoms with Crippen LogP contribution < -0.4 is 0 Å². The lowest BCUT2D eigenvalue weighted by molar-refractivity contribution is 0.410. The summed E-state index contributed by atoms with van der Waals surface area (Å²) >= 11 is 0. The van der Waals surface area contributed by atoms with Gasteiger partial charge in [-0.1, -0.05) is 36.4 Å². The minimum atomic E-state index is -1.51. The van der Waals surface area contributed by atoms with Gasteiger partial charge < -0.3 is 4.43 Å². The van der Waals surface area contributed by atoms with Crippen molar-refractivity contribution in [3.8, 4) is 0 Å². The van der Waals surface area contributed by atoms with Gasteiger partial charge in [0, 0.05) is 6.42 Å². The van der Waals surface area contributed by atoms with Crippen LogP contribution in [0.3, 0.4) is 0 Å². The highest BCUT2D eigenvalue weighted by atomic mass is 28.4. The van der Waals surface area contributed by atoms with Crippen molar-refractivity contribution in [1.29, 1.82) is 0 Å². The maximum Gasteiger partial charge on any atom is 0.241 e. The van der Waals surface area contributed by atoms with Crippen molar-refractivity contribution in [1.82, 2.24) is 0 Å². The third-order valence-corrected chi connectivity index (χ3v) is 3.07. The van der Waals surface area contributed by atoms with Crippen LogP contribution in [0.4, 0.5) is 0 Å². The van der Waals surface area contributed by atoms with Gasteiger partial charge >= 0.3 is 0 Å². The first-order chi connectivity index (χ1) is 8.01. The predicted molar refractivity (Wildman–Crippen MR) is 77.5 cm³/mol. The monoisotopic (exact) mass is 246 g/mol. The SMILES string of the molecule is C=CC/C(=C\Cc1ccccc1)O[Si](C)(C)C. The molecule has 0 atom stereocenters. The van der Waals surface area contributed by atoms with E-state index in [9.17, 15) is 0 Å². The Morgan fingerprint density at radius 3 is 2.41 bits per heavy atom. The van der Waals surface area contributed by atoms with Crippen molar-refractivity contribution in [2.24, 2.45) is 0 Å². The molecule has 0 spiro atoms. The van der Waals surface area contributed by atoms with E-state index >= 15 is 0 Å². The van der Waals surface area contributed by atoms with Gasteiger partial charge in [0.25, 0.3) is 0 Å². The average Bonchev–Trinajstić information content (AvgIpc) is 2.26. The largest absolute Gasteiger partial charge is 0.547 e. The van der Waals surface area contributed by atoms with Crippen LogP contribution in [0.2, 0.25) is 19.6 Å². The van der Waals surface area contributed by atoms with Gasteiger partial charge in [-0.05, 0) is 37.7 Å². The zero-order valence-corrected chi connectivity index (χ0v) is 12.1. The van der Waals surface area contributed by atoms with Crippen LogP contribution in [-0.4, -0.2) is 8.32 Å². The lowest BCUT2D eigenvalue weighted by Gasteiger charge is -2.21. The lowest BCUT2D eigenvalue weighted by atomic mass is 10.1. The summed E-state index contributed by atoms with van der Waals surface area (Å²) in [6.07, 6.45) is 5.82. The molecular formula is C15H22OSi. The quantitative estimate of drug-likeness (QED) is 0.407. The number of rotatable bonds is 6. The fourth-order valence-corrected chi connectivity index (χ4v) is 2.50. The molecule has 1 nitrogen and oxygen atoms in total. The maximum atomic E-state index is 6.03. The fraction of sp³-hybridized carbons (Fsp3) is 0.333. The minimum absolute atomic E-state index is 0.817. The third-order valence-electron chi connectivity index (χ3n) is 2.19. The Labute approximate surface area is 106 Å². The first-order valence-corrected chi connectivity index (χ1v) is 9.45. The van der Waals surface area contributed by atoms with Gasteiger partial charge in [-0.2, -0.15) is 0 Å². The maximum absolute atomic E-state index is 6.03. The Morgan fingerprint density at radius 1 is 1.24 bits per heavy atom. The van der Waals surface area contributed by atoms with E-state index in [1.54, 1.807) is 0 Å². The van der Waals surface area contributed by atoms with Crippen molar-refractivity contribution in [3.05, 3.63) is 60.4 Å². The second kappa shape index (κ2) is 6.45. The summed E-state index contributed by atoms with van der Waals surface area (Å²) in [7, 11) is -1.51. The average molecular weight is 246 g/mol. The fourth-order valence-electron chi connectivity index (χ4n) is 1.55. The summed E-state index contributed by atoms with van der Waals surface area (Å²) in [5.74, 6) is 1.06. The Balaban J connectivity index is 2.67. The van der Waals surface area contributed by atoms with E-state index in [-0.39, 0.29) is 0 Å². The van der Waals surface area contributed by atoms with E-state index in [0.717, 1.165) is 18.6 Å². The van der Waals surface area contributed by atoms with Crippen LogP contribution in [0.5, 0.6) is 0 Å². The molecule has 0 saturated heterocycles. The molecule has 0 N–H and O–H groups in total. The highest BCUT2D eigenvalue weighted by Crippen LogP contribution is 2.15. The predicted octanol–water partition coefficient (Wildman–Crippen LogP) is 4.54. The Hall–Kier alpha value is -1.28. The number of hydrogen-bond donors (Lipinski definition) is 0. The standard InChI is InChI=1S/C15H22OSi/c1-5-9-15(16-17(2,3)4)13-12-14-10-7-6-8-11-14/h5-8,10-11,13H,1,9,12H2,2-4H3/b15-13+. The van der Waals surface area contributed by atoms with Gasteiger partial charge in [-0.15, -0.1) is 6.58 Å². The third kappa shape index (κ3) is 6.12. The highest BCUT2D eigenvalue weighted by Gasteiger charge is 2.16. The topological polar surface area (TPSA) is 9.23 Å². The van der Waals surface area contributed by atoms with Crippen LogP contribution in [0.25, 0.3) is 0 Å². The molecule has 17 heavy (non-hydrogen) atoms. The molecule has 92 valence electrons. The van der Waals surface area contributed by atoms with Gasteiger partial charge in [-0.25, -0.2) is 0 Å². The van der Waals surface area contributed by atoms with Crippen LogP contribution in [0.15, 0.2) is 54.8 Å². The molecule has 0 aliphatic rings. The van der Waals surface area contributed by atoms with E-state index in [1.165, 1.54) is 5.56 Å². The summed E-state index contributed by atoms with van der Waals surface area (Å²) in [5, 5.41) is 0. The molecule has 1 aromatic carbocycles. The molecule has 0 unspecified atom stereocenters. The Kier molecular flexibility index (Phi) is 5.23.